The zero-order valence-electron chi connectivity index (χ0n) is 14.5. The van der Waals surface area contributed by atoms with Gasteiger partial charge < -0.3 is 14.4 Å². The number of benzene rings is 1. The van der Waals surface area contributed by atoms with Crippen LogP contribution in [0.1, 0.15) is 22.3 Å². The number of aromatic nitrogens is 2. The minimum atomic E-state index is -0.629. The number of para-hydroxylation sites is 1. The van der Waals surface area contributed by atoms with E-state index in [4.69, 9.17) is 4.74 Å². The summed E-state index contributed by atoms with van der Waals surface area (Å²) in [6, 6.07) is 12.9. The van der Waals surface area contributed by atoms with Crippen molar-refractivity contribution in [3.8, 4) is 5.75 Å². The first-order valence-corrected chi connectivity index (χ1v) is 9.27. The van der Waals surface area contributed by atoms with Crippen molar-refractivity contribution in [2.75, 3.05) is 6.61 Å². The van der Waals surface area contributed by atoms with Gasteiger partial charge in [0.1, 0.15) is 5.39 Å². The molecule has 0 atom stereocenters. The number of fused-ring (bicyclic) bond motifs is 3. The summed E-state index contributed by atoms with van der Waals surface area (Å²) in [7, 11) is 0. The highest BCUT2D eigenvalue weighted by Crippen LogP contribution is 2.39. The molecule has 7 heteroatoms. The lowest BCUT2D eigenvalue weighted by Crippen LogP contribution is -2.21. The number of ether oxygens (including phenoxy) is 1. The molecule has 0 saturated heterocycles. The van der Waals surface area contributed by atoms with E-state index in [0.717, 1.165) is 27.9 Å². The number of thiophene rings is 1. The smallest absolute Gasteiger partial charge is 0.352 e. The Bertz CT molecular complexity index is 1210. The summed E-state index contributed by atoms with van der Waals surface area (Å²) in [6.45, 7) is 2.15. The average molecular weight is 380 g/mol. The summed E-state index contributed by atoms with van der Waals surface area (Å²) < 4.78 is 7.16. The highest BCUT2D eigenvalue weighted by Gasteiger charge is 2.24. The number of pyridine rings is 2. The van der Waals surface area contributed by atoms with Crippen LogP contribution < -0.4 is 5.56 Å². The van der Waals surface area contributed by atoms with Crippen molar-refractivity contribution < 1.29 is 14.6 Å². The van der Waals surface area contributed by atoms with Crippen LogP contribution in [0.25, 0.3) is 21.0 Å². The Labute approximate surface area is 158 Å². The summed E-state index contributed by atoms with van der Waals surface area (Å²) in [5.41, 5.74) is 1.08. The largest absolute Gasteiger partial charge is 0.505 e. The molecule has 0 amide bonds. The van der Waals surface area contributed by atoms with Crippen LogP contribution in [0.2, 0.25) is 0 Å². The summed E-state index contributed by atoms with van der Waals surface area (Å²) in [5, 5.41) is 11.5. The summed E-state index contributed by atoms with van der Waals surface area (Å²) >= 11 is 1.08. The Morgan fingerprint density at radius 3 is 2.74 bits per heavy atom. The number of esters is 1. The van der Waals surface area contributed by atoms with E-state index in [1.54, 1.807) is 17.7 Å². The van der Waals surface area contributed by atoms with Gasteiger partial charge in [-0.3, -0.25) is 9.78 Å². The molecule has 0 unspecified atom stereocenters. The van der Waals surface area contributed by atoms with E-state index < -0.39 is 5.97 Å². The summed E-state index contributed by atoms with van der Waals surface area (Å²) in [5.74, 6) is -0.949. The van der Waals surface area contributed by atoms with E-state index in [0.29, 0.717) is 4.70 Å². The van der Waals surface area contributed by atoms with Gasteiger partial charge in [0.25, 0.3) is 5.56 Å². The van der Waals surface area contributed by atoms with Gasteiger partial charge in [0.05, 0.1) is 29.1 Å². The molecule has 0 saturated carbocycles. The maximum atomic E-state index is 13.2. The molecule has 0 bridgehead atoms. The number of carbonyl (C=O) groups excluding carboxylic acids is 1. The zero-order chi connectivity index (χ0) is 19.0. The number of carbonyl (C=O) groups is 1. The molecule has 1 N–H and O–H groups in total. The standard InChI is InChI=1S/C20H16N2O4S/c1-2-26-20(25)18-16(23)15-17(27-18)13-8-3-4-9-14(13)22(19(15)24)11-12-7-5-6-10-21-12/h3-10,23H,2,11H2,1H3. The molecule has 0 fully saturated rings. The van der Waals surface area contributed by atoms with Gasteiger partial charge in [-0.25, -0.2) is 4.79 Å². The van der Waals surface area contributed by atoms with Crippen molar-refractivity contribution in [3.05, 3.63) is 69.6 Å². The normalized spacial score (nSPS) is 11.1. The lowest BCUT2D eigenvalue weighted by molar-refractivity contribution is 0.0529. The fourth-order valence-electron chi connectivity index (χ4n) is 3.10. The monoisotopic (exact) mass is 380 g/mol. The number of rotatable bonds is 4. The maximum absolute atomic E-state index is 13.2. The van der Waals surface area contributed by atoms with Gasteiger partial charge in [-0.1, -0.05) is 24.3 Å². The first-order chi connectivity index (χ1) is 13.1. The predicted molar refractivity (Wildman–Crippen MR) is 105 cm³/mol. The molecule has 0 aliphatic heterocycles. The summed E-state index contributed by atoms with van der Waals surface area (Å²) in [6.07, 6.45) is 1.67. The van der Waals surface area contributed by atoms with Crippen molar-refractivity contribution in [2.45, 2.75) is 13.5 Å². The molecule has 0 aliphatic carbocycles. The lowest BCUT2D eigenvalue weighted by Gasteiger charge is -2.11. The van der Waals surface area contributed by atoms with Crippen LogP contribution in [0.3, 0.4) is 0 Å². The van der Waals surface area contributed by atoms with Crippen LogP contribution in [-0.4, -0.2) is 27.2 Å². The molecule has 3 aromatic heterocycles. The number of aromatic hydroxyl groups is 1. The van der Waals surface area contributed by atoms with Gasteiger partial charge in [0, 0.05) is 11.6 Å². The third-order valence-corrected chi connectivity index (χ3v) is 5.48. The van der Waals surface area contributed by atoms with E-state index >= 15 is 0 Å². The van der Waals surface area contributed by atoms with Crippen LogP contribution >= 0.6 is 11.3 Å². The van der Waals surface area contributed by atoms with Gasteiger partial charge in [0.15, 0.2) is 10.6 Å². The van der Waals surface area contributed by atoms with E-state index in [-0.39, 0.29) is 34.7 Å². The SMILES string of the molecule is CCOC(=O)c1sc2c(c1O)c(=O)n(Cc1ccccn1)c1ccccc21. The van der Waals surface area contributed by atoms with Crippen molar-refractivity contribution in [3.63, 3.8) is 0 Å². The minimum absolute atomic E-state index is 0.0460. The Balaban J connectivity index is 2.03. The molecule has 0 aliphatic rings. The predicted octanol–water partition coefficient (Wildman–Crippen LogP) is 3.54. The Hall–Kier alpha value is -3.19. The molecule has 0 radical (unpaired) electrons. The molecular formula is C20H16N2O4S. The summed E-state index contributed by atoms with van der Waals surface area (Å²) in [4.78, 5) is 29.7. The first kappa shape index (κ1) is 17.2. The number of hydrogen-bond acceptors (Lipinski definition) is 6. The highest BCUT2D eigenvalue weighted by atomic mass is 32.1. The second-order valence-electron chi connectivity index (χ2n) is 5.93. The van der Waals surface area contributed by atoms with Gasteiger partial charge >= 0.3 is 5.97 Å². The van der Waals surface area contributed by atoms with E-state index in [1.165, 1.54) is 0 Å². The van der Waals surface area contributed by atoms with Crippen molar-refractivity contribution in [1.29, 1.82) is 0 Å². The topological polar surface area (TPSA) is 81.4 Å². The van der Waals surface area contributed by atoms with Gasteiger partial charge in [-0.2, -0.15) is 0 Å². The van der Waals surface area contributed by atoms with E-state index in [2.05, 4.69) is 4.98 Å². The molecule has 1 aromatic carbocycles. The quantitative estimate of drug-likeness (QED) is 0.548. The molecule has 3 heterocycles. The molecule has 4 rings (SSSR count). The van der Waals surface area contributed by atoms with Crippen LogP contribution in [0.15, 0.2) is 53.5 Å². The average Bonchev–Trinajstić information content (AvgIpc) is 3.04. The second kappa shape index (κ2) is 6.85. The lowest BCUT2D eigenvalue weighted by atomic mass is 10.1. The molecular weight excluding hydrogens is 364 g/mol. The van der Waals surface area contributed by atoms with Crippen LogP contribution in [-0.2, 0) is 11.3 Å². The zero-order valence-corrected chi connectivity index (χ0v) is 15.3. The van der Waals surface area contributed by atoms with Crippen molar-refractivity contribution in [1.82, 2.24) is 9.55 Å². The number of nitrogens with zero attached hydrogens (tertiary/aromatic N) is 2. The van der Waals surface area contributed by atoms with Gasteiger partial charge in [-0.15, -0.1) is 11.3 Å². The molecule has 4 aromatic rings. The van der Waals surface area contributed by atoms with Crippen LogP contribution in [0.5, 0.6) is 5.75 Å². The minimum Gasteiger partial charge on any atom is -0.505 e. The fraction of sp³-hybridized carbons (Fsp3) is 0.150. The fourth-order valence-corrected chi connectivity index (χ4v) is 4.22. The van der Waals surface area contributed by atoms with E-state index in [1.807, 2.05) is 42.5 Å². The van der Waals surface area contributed by atoms with E-state index in [9.17, 15) is 14.7 Å². The maximum Gasteiger partial charge on any atom is 0.352 e. The molecule has 0 spiro atoms. The third-order valence-electron chi connectivity index (χ3n) is 4.29. The Morgan fingerprint density at radius 1 is 1.22 bits per heavy atom. The van der Waals surface area contributed by atoms with Crippen LogP contribution in [0.4, 0.5) is 0 Å². The second-order valence-corrected chi connectivity index (χ2v) is 6.95. The Morgan fingerprint density at radius 2 is 2.00 bits per heavy atom. The van der Waals surface area contributed by atoms with Crippen LogP contribution in [0, 0.1) is 0 Å². The molecule has 136 valence electrons. The van der Waals surface area contributed by atoms with Crippen molar-refractivity contribution in [2.24, 2.45) is 0 Å². The number of hydrogen-bond donors (Lipinski definition) is 1. The van der Waals surface area contributed by atoms with Crippen molar-refractivity contribution >= 4 is 38.3 Å². The molecule has 27 heavy (non-hydrogen) atoms. The van der Waals surface area contributed by atoms with Gasteiger partial charge in [-0.05, 0) is 25.1 Å². The molecule has 6 nitrogen and oxygen atoms in total. The first-order valence-electron chi connectivity index (χ1n) is 8.45. The highest BCUT2D eigenvalue weighted by molar-refractivity contribution is 7.22. The third kappa shape index (κ3) is 2.86. The Kier molecular flexibility index (Phi) is 4.37. The van der Waals surface area contributed by atoms with Gasteiger partial charge in [0.2, 0.25) is 0 Å².